The maximum atomic E-state index is 13.0. The molecule has 5 rings (SSSR count). The van der Waals surface area contributed by atoms with Crippen LogP contribution in [-0.2, 0) is 0 Å². The molecule has 0 unspecified atom stereocenters. The molecule has 0 spiro atoms. The van der Waals surface area contributed by atoms with E-state index in [0.29, 0.717) is 11.2 Å². The normalized spacial score (nSPS) is 11.1. The number of halogens is 1. The number of nitrogens with zero attached hydrogens (tertiary/aromatic N) is 5. The van der Waals surface area contributed by atoms with Crippen molar-refractivity contribution in [2.24, 2.45) is 0 Å². The Hall–Kier alpha value is -4.40. The molecule has 2 aromatic carbocycles. The predicted molar refractivity (Wildman–Crippen MR) is 108 cm³/mol. The second kappa shape index (κ2) is 6.89. The van der Waals surface area contributed by atoms with E-state index in [1.165, 1.54) is 35.0 Å². The van der Waals surface area contributed by atoms with Crippen LogP contribution >= 0.6 is 0 Å². The molecule has 1 amide bonds. The topological polar surface area (TPSA) is 94.2 Å². The summed E-state index contributed by atoms with van der Waals surface area (Å²) >= 11 is 0. The Morgan fingerprint density at radius 1 is 0.967 bits per heavy atom. The van der Waals surface area contributed by atoms with Crippen LogP contribution in [0.4, 0.5) is 4.39 Å². The SMILES string of the molecule is O=C(Nn1ccc2c(nnc3c(-c4ccccc4)cnn32)c1=O)c1ccc(F)cc1. The van der Waals surface area contributed by atoms with Gasteiger partial charge in [-0.1, -0.05) is 30.3 Å². The van der Waals surface area contributed by atoms with Gasteiger partial charge in [-0.15, -0.1) is 10.2 Å². The van der Waals surface area contributed by atoms with Crippen LogP contribution in [0.15, 0.2) is 77.9 Å². The van der Waals surface area contributed by atoms with Crippen molar-refractivity contribution >= 4 is 22.6 Å². The van der Waals surface area contributed by atoms with Gasteiger partial charge in [-0.2, -0.15) is 5.10 Å². The lowest BCUT2D eigenvalue weighted by molar-refractivity contribution is 0.101. The van der Waals surface area contributed by atoms with Gasteiger partial charge in [0.1, 0.15) is 11.3 Å². The molecule has 0 fully saturated rings. The fraction of sp³-hybridized carbons (Fsp3) is 0. The second-order valence-corrected chi connectivity index (χ2v) is 6.53. The zero-order valence-electron chi connectivity index (χ0n) is 15.4. The molecule has 9 heteroatoms. The van der Waals surface area contributed by atoms with Gasteiger partial charge in [-0.3, -0.25) is 15.0 Å². The van der Waals surface area contributed by atoms with Gasteiger partial charge >= 0.3 is 0 Å². The van der Waals surface area contributed by atoms with E-state index in [1.54, 1.807) is 12.3 Å². The Kier molecular flexibility index (Phi) is 4.06. The monoisotopic (exact) mass is 400 g/mol. The lowest BCUT2D eigenvalue weighted by Crippen LogP contribution is -2.33. The summed E-state index contributed by atoms with van der Waals surface area (Å²) in [4.78, 5) is 25.2. The van der Waals surface area contributed by atoms with Crippen LogP contribution in [0.3, 0.4) is 0 Å². The number of pyridine rings is 1. The van der Waals surface area contributed by atoms with Gasteiger partial charge < -0.3 is 0 Å². The first-order valence-corrected chi connectivity index (χ1v) is 9.00. The summed E-state index contributed by atoms with van der Waals surface area (Å²) < 4.78 is 15.6. The third kappa shape index (κ3) is 2.89. The van der Waals surface area contributed by atoms with Crippen molar-refractivity contribution in [3.63, 3.8) is 0 Å². The summed E-state index contributed by atoms with van der Waals surface area (Å²) in [6.07, 6.45) is 3.08. The first kappa shape index (κ1) is 17.7. The van der Waals surface area contributed by atoms with Gasteiger partial charge in [0.2, 0.25) is 0 Å². The number of fused-ring (bicyclic) bond motifs is 3. The summed E-state index contributed by atoms with van der Waals surface area (Å²) in [5.41, 5.74) is 4.86. The van der Waals surface area contributed by atoms with E-state index in [2.05, 4.69) is 20.7 Å². The zero-order chi connectivity index (χ0) is 20.7. The minimum absolute atomic E-state index is 0.0483. The van der Waals surface area contributed by atoms with E-state index >= 15 is 0 Å². The van der Waals surface area contributed by atoms with E-state index in [4.69, 9.17) is 0 Å². The molecule has 3 aromatic heterocycles. The molecule has 0 aliphatic rings. The van der Waals surface area contributed by atoms with Gasteiger partial charge in [-0.05, 0) is 35.9 Å². The van der Waals surface area contributed by atoms with Crippen molar-refractivity contribution in [2.75, 3.05) is 5.43 Å². The highest BCUT2D eigenvalue weighted by atomic mass is 19.1. The van der Waals surface area contributed by atoms with Gasteiger partial charge in [0.15, 0.2) is 11.2 Å². The maximum Gasteiger partial charge on any atom is 0.299 e. The average Bonchev–Trinajstić information content (AvgIpc) is 3.21. The molecule has 0 atom stereocenters. The van der Waals surface area contributed by atoms with Crippen molar-refractivity contribution < 1.29 is 9.18 Å². The molecule has 30 heavy (non-hydrogen) atoms. The zero-order valence-corrected chi connectivity index (χ0v) is 15.4. The lowest BCUT2D eigenvalue weighted by atomic mass is 10.1. The van der Waals surface area contributed by atoms with Crippen LogP contribution in [-0.4, -0.2) is 30.4 Å². The molecule has 146 valence electrons. The molecule has 0 aliphatic carbocycles. The Bertz CT molecular complexity index is 1460. The van der Waals surface area contributed by atoms with Gasteiger partial charge in [-0.25, -0.2) is 13.6 Å². The number of rotatable bonds is 3. The van der Waals surface area contributed by atoms with Crippen LogP contribution in [0, 0.1) is 5.82 Å². The molecular weight excluding hydrogens is 387 g/mol. The number of benzene rings is 2. The number of carbonyl (C=O) groups excluding carboxylic acids is 1. The van der Waals surface area contributed by atoms with Crippen LogP contribution in [0.5, 0.6) is 0 Å². The predicted octanol–water partition coefficient (Wildman–Crippen LogP) is 2.63. The van der Waals surface area contributed by atoms with E-state index in [0.717, 1.165) is 15.8 Å². The largest absolute Gasteiger partial charge is 0.299 e. The fourth-order valence-electron chi connectivity index (χ4n) is 3.18. The highest BCUT2D eigenvalue weighted by Gasteiger charge is 2.15. The first-order valence-electron chi connectivity index (χ1n) is 9.00. The van der Waals surface area contributed by atoms with E-state index in [-0.39, 0.29) is 11.1 Å². The van der Waals surface area contributed by atoms with E-state index < -0.39 is 17.3 Å². The van der Waals surface area contributed by atoms with Crippen LogP contribution in [0.2, 0.25) is 0 Å². The molecule has 8 nitrogen and oxygen atoms in total. The van der Waals surface area contributed by atoms with Crippen molar-refractivity contribution in [1.29, 1.82) is 0 Å². The van der Waals surface area contributed by atoms with E-state index in [9.17, 15) is 14.0 Å². The minimum Gasteiger partial charge on any atom is -0.267 e. The molecular formula is C21H13FN6O2. The molecule has 0 radical (unpaired) electrons. The van der Waals surface area contributed by atoms with Crippen LogP contribution in [0.1, 0.15) is 10.4 Å². The van der Waals surface area contributed by atoms with Crippen molar-refractivity contribution in [2.45, 2.75) is 0 Å². The van der Waals surface area contributed by atoms with E-state index in [1.807, 2.05) is 30.3 Å². The number of amides is 1. The highest BCUT2D eigenvalue weighted by molar-refractivity contribution is 6.00. The molecule has 0 saturated carbocycles. The summed E-state index contributed by atoms with van der Waals surface area (Å²) in [6.45, 7) is 0. The summed E-state index contributed by atoms with van der Waals surface area (Å²) in [5, 5.41) is 12.6. The Morgan fingerprint density at radius 3 is 2.50 bits per heavy atom. The summed E-state index contributed by atoms with van der Waals surface area (Å²) in [5.74, 6) is -1.02. The minimum atomic E-state index is -0.561. The quantitative estimate of drug-likeness (QED) is 0.502. The summed E-state index contributed by atoms with van der Waals surface area (Å²) in [7, 11) is 0. The van der Waals surface area contributed by atoms with Crippen molar-refractivity contribution in [3.05, 3.63) is 94.8 Å². The van der Waals surface area contributed by atoms with Gasteiger partial charge in [0.25, 0.3) is 11.5 Å². The standard InChI is InChI=1S/C21H13FN6O2/c22-15-8-6-14(7-9-15)20(29)26-27-11-10-17-18(21(27)30)24-25-19-16(12-23-28(17)19)13-4-2-1-3-5-13/h1-12H,(H,26,29). The number of aromatic nitrogens is 5. The van der Waals surface area contributed by atoms with Crippen LogP contribution in [0.25, 0.3) is 27.8 Å². The van der Waals surface area contributed by atoms with Gasteiger partial charge in [0, 0.05) is 17.3 Å². The molecule has 0 saturated heterocycles. The average molecular weight is 400 g/mol. The molecule has 5 aromatic rings. The Morgan fingerprint density at radius 2 is 1.73 bits per heavy atom. The smallest absolute Gasteiger partial charge is 0.267 e. The fourth-order valence-corrected chi connectivity index (χ4v) is 3.18. The van der Waals surface area contributed by atoms with Gasteiger partial charge in [0.05, 0.1) is 6.20 Å². The third-order valence-corrected chi connectivity index (χ3v) is 4.68. The molecule has 0 bridgehead atoms. The number of carbonyl (C=O) groups is 1. The van der Waals surface area contributed by atoms with Crippen molar-refractivity contribution in [3.8, 4) is 11.1 Å². The summed E-state index contributed by atoms with van der Waals surface area (Å²) in [6, 6.07) is 16.2. The third-order valence-electron chi connectivity index (χ3n) is 4.68. The molecule has 0 aliphatic heterocycles. The highest BCUT2D eigenvalue weighted by Crippen LogP contribution is 2.23. The Labute approximate surface area is 168 Å². The number of nitrogens with one attached hydrogen (secondary N) is 1. The molecule has 3 heterocycles. The first-order chi connectivity index (χ1) is 14.6. The number of hydrogen-bond acceptors (Lipinski definition) is 5. The lowest BCUT2D eigenvalue weighted by Gasteiger charge is -2.09. The molecule has 1 N–H and O–H groups in total. The van der Waals surface area contributed by atoms with Crippen molar-refractivity contribution in [1.82, 2.24) is 24.5 Å². The number of hydrogen-bond donors (Lipinski definition) is 1. The second-order valence-electron chi connectivity index (χ2n) is 6.53. The van der Waals surface area contributed by atoms with Crippen LogP contribution < -0.4 is 11.0 Å². The maximum absolute atomic E-state index is 13.0. The Balaban J connectivity index is 1.56.